The number of H-pyrrole nitrogens is 1. The van der Waals surface area contributed by atoms with Gasteiger partial charge in [-0.1, -0.05) is 36.4 Å². The average Bonchev–Trinajstić information content (AvgIpc) is 3.18. The average molecular weight is 421 g/mol. The Morgan fingerprint density at radius 1 is 1.03 bits per heavy atom. The summed E-state index contributed by atoms with van der Waals surface area (Å²) in [7, 11) is 0. The highest BCUT2D eigenvalue weighted by Crippen LogP contribution is 2.40. The lowest BCUT2D eigenvalue weighted by Gasteiger charge is -2.27. The number of para-hydroxylation sites is 2. The van der Waals surface area contributed by atoms with Crippen molar-refractivity contribution in [3.05, 3.63) is 89.2 Å². The number of aromatic amines is 1. The molecule has 0 bridgehead atoms. The van der Waals surface area contributed by atoms with Crippen LogP contribution in [0.15, 0.2) is 72.0 Å². The van der Waals surface area contributed by atoms with Gasteiger partial charge in [-0.3, -0.25) is 5.01 Å². The van der Waals surface area contributed by atoms with Crippen molar-refractivity contribution < 1.29 is 0 Å². The van der Waals surface area contributed by atoms with Crippen LogP contribution in [0, 0.1) is 6.92 Å². The van der Waals surface area contributed by atoms with Crippen LogP contribution in [0.2, 0.25) is 0 Å². The molecule has 0 spiro atoms. The van der Waals surface area contributed by atoms with Crippen LogP contribution in [0.1, 0.15) is 22.3 Å². The Morgan fingerprint density at radius 3 is 2.91 bits per heavy atom. The van der Waals surface area contributed by atoms with Gasteiger partial charge in [0, 0.05) is 52.2 Å². The van der Waals surface area contributed by atoms with Crippen molar-refractivity contribution in [2.24, 2.45) is 4.99 Å². The van der Waals surface area contributed by atoms with Gasteiger partial charge in [-0.25, -0.2) is 15.4 Å². The van der Waals surface area contributed by atoms with Crippen LogP contribution in [0.25, 0.3) is 22.2 Å². The highest BCUT2D eigenvalue weighted by molar-refractivity contribution is 6.03. The summed E-state index contributed by atoms with van der Waals surface area (Å²) < 4.78 is 0. The van der Waals surface area contributed by atoms with Gasteiger partial charge in [0.25, 0.3) is 0 Å². The number of hydrogen-bond acceptors (Lipinski definition) is 5. The van der Waals surface area contributed by atoms with E-state index in [1.165, 1.54) is 27.6 Å². The minimum Gasteiger partial charge on any atom is -0.361 e. The number of pyridine rings is 1. The Labute approximate surface area is 186 Å². The molecular formula is C26H24N6. The lowest BCUT2D eigenvalue weighted by molar-refractivity contribution is 0.351. The van der Waals surface area contributed by atoms with E-state index in [0.717, 1.165) is 47.8 Å². The molecule has 4 aromatic rings. The summed E-state index contributed by atoms with van der Waals surface area (Å²) in [5.74, 6) is 0.845. The van der Waals surface area contributed by atoms with Crippen LogP contribution in [0.3, 0.4) is 0 Å². The van der Waals surface area contributed by atoms with Gasteiger partial charge in [-0.2, -0.15) is 0 Å². The summed E-state index contributed by atoms with van der Waals surface area (Å²) in [5.41, 5.74) is 12.8. The first-order chi connectivity index (χ1) is 15.8. The third-order valence-electron chi connectivity index (χ3n) is 6.23. The van der Waals surface area contributed by atoms with E-state index >= 15 is 0 Å². The molecule has 0 saturated heterocycles. The molecule has 0 unspecified atom stereocenters. The van der Waals surface area contributed by atoms with Crippen molar-refractivity contribution in [3.8, 4) is 0 Å². The molecule has 4 heterocycles. The van der Waals surface area contributed by atoms with E-state index in [-0.39, 0.29) is 0 Å². The van der Waals surface area contributed by atoms with Gasteiger partial charge in [-0.15, -0.1) is 0 Å². The fraction of sp³-hybridized carbons (Fsp3) is 0.154. The quantitative estimate of drug-likeness (QED) is 0.440. The molecule has 2 aliphatic heterocycles. The van der Waals surface area contributed by atoms with E-state index in [0.29, 0.717) is 0 Å². The summed E-state index contributed by atoms with van der Waals surface area (Å²) in [6, 6.07) is 18.9. The molecule has 6 rings (SSSR count). The molecule has 3 N–H and O–H groups in total. The number of benzene rings is 2. The highest BCUT2D eigenvalue weighted by atomic mass is 15.5. The number of hydrazine groups is 1. The third kappa shape index (κ3) is 3.16. The molecule has 6 nitrogen and oxygen atoms in total. The van der Waals surface area contributed by atoms with Crippen LogP contribution >= 0.6 is 0 Å². The maximum atomic E-state index is 4.84. The number of hydrogen-bond donors (Lipinski definition) is 3. The highest BCUT2D eigenvalue weighted by Gasteiger charge is 2.25. The summed E-state index contributed by atoms with van der Waals surface area (Å²) in [6.07, 6.45) is 6.77. The molecule has 2 aliphatic rings. The Hall–Kier alpha value is -3.90. The Balaban J connectivity index is 1.24. The Kier molecular flexibility index (Phi) is 4.51. The van der Waals surface area contributed by atoms with Crippen LogP contribution in [0.4, 0.5) is 11.5 Å². The van der Waals surface area contributed by atoms with Gasteiger partial charge < -0.3 is 10.3 Å². The fourth-order valence-electron chi connectivity index (χ4n) is 4.62. The molecule has 0 amide bonds. The molecule has 0 atom stereocenters. The minimum absolute atomic E-state index is 0.735. The largest absolute Gasteiger partial charge is 0.361 e. The number of rotatable bonds is 4. The molecule has 6 heteroatoms. The van der Waals surface area contributed by atoms with E-state index in [2.05, 4.69) is 81.3 Å². The predicted molar refractivity (Wildman–Crippen MR) is 131 cm³/mol. The summed E-state index contributed by atoms with van der Waals surface area (Å²) >= 11 is 0. The zero-order chi connectivity index (χ0) is 21.5. The lowest BCUT2D eigenvalue weighted by atomic mass is 9.99. The maximum absolute atomic E-state index is 4.84. The number of nitrogens with zero attached hydrogens (tertiary/aromatic N) is 3. The van der Waals surface area contributed by atoms with Crippen molar-refractivity contribution in [3.63, 3.8) is 0 Å². The van der Waals surface area contributed by atoms with Crippen molar-refractivity contribution in [1.29, 1.82) is 0 Å². The molecule has 32 heavy (non-hydrogen) atoms. The molecule has 2 aromatic carbocycles. The number of aryl methyl sites for hydroxylation is 1. The number of aromatic nitrogens is 2. The van der Waals surface area contributed by atoms with Gasteiger partial charge >= 0.3 is 0 Å². The van der Waals surface area contributed by atoms with Crippen molar-refractivity contribution >= 4 is 40.0 Å². The zero-order valence-corrected chi connectivity index (χ0v) is 17.9. The Morgan fingerprint density at radius 2 is 1.94 bits per heavy atom. The first-order valence-corrected chi connectivity index (χ1v) is 10.9. The zero-order valence-electron chi connectivity index (χ0n) is 17.9. The first kappa shape index (κ1) is 18.8. The minimum atomic E-state index is 0.735. The normalized spacial score (nSPS) is 14.6. The second-order valence-electron chi connectivity index (χ2n) is 8.24. The van der Waals surface area contributed by atoms with Gasteiger partial charge in [0.1, 0.15) is 12.2 Å². The van der Waals surface area contributed by atoms with Crippen molar-refractivity contribution in [1.82, 2.24) is 20.4 Å². The van der Waals surface area contributed by atoms with E-state index in [1.807, 2.05) is 24.7 Å². The number of nitrogens with one attached hydrogen (secondary N) is 3. The fourth-order valence-corrected chi connectivity index (χ4v) is 4.62. The number of aliphatic imine (C=N–C) groups is 1. The van der Waals surface area contributed by atoms with Gasteiger partial charge in [-0.05, 0) is 42.7 Å². The molecular weight excluding hydrogens is 396 g/mol. The van der Waals surface area contributed by atoms with E-state index in [4.69, 9.17) is 4.99 Å². The lowest BCUT2D eigenvalue weighted by Crippen LogP contribution is -2.40. The van der Waals surface area contributed by atoms with E-state index < -0.39 is 0 Å². The second-order valence-corrected chi connectivity index (χ2v) is 8.24. The third-order valence-corrected chi connectivity index (χ3v) is 6.23. The van der Waals surface area contributed by atoms with Crippen LogP contribution < -0.4 is 10.7 Å². The smallest absolute Gasteiger partial charge is 0.139 e. The standard InChI is InChI=1S/C26H24N6/c1-17-6-4-8-19-18(14-28-24(17)19)11-13-30-32-15-22-20-7-2-3-10-23(20)31-26-21(9-5-12-27-26)25(22)29-16-32/h2-10,12,14,16,28,30H,11,13,15H2,1H3,(H,27,31). The molecule has 0 saturated carbocycles. The van der Waals surface area contributed by atoms with Crippen LogP contribution in [0.5, 0.6) is 0 Å². The molecule has 0 radical (unpaired) electrons. The van der Waals surface area contributed by atoms with Gasteiger partial charge in [0.15, 0.2) is 0 Å². The Bertz CT molecular complexity index is 1380. The maximum Gasteiger partial charge on any atom is 0.139 e. The molecule has 0 aliphatic carbocycles. The van der Waals surface area contributed by atoms with E-state index in [9.17, 15) is 0 Å². The molecule has 158 valence electrons. The van der Waals surface area contributed by atoms with Gasteiger partial charge in [0.05, 0.1) is 12.2 Å². The monoisotopic (exact) mass is 420 g/mol. The number of fused-ring (bicyclic) bond motifs is 5. The summed E-state index contributed by atoms with van der Waals surface area (Å²) in [6.45, 7) is 3.70. The number of anilines is 2. The topological polar surface area (TPSA) is 68.3 Å². The first-order valence-electron chi connectivity index (χ1n) is 10.9. The molecule has 2 aromatic heterocycles. The van der Waals surface area contributed by atoms with E-state index in [1.54, 1.807) is 0 Å². The predicted octanol–water partition coefficient (Wildman–Crippen LogP) is 4.89. The SMILES string of the molecule is Cc1cccc2c(CCNN3C=NC4=C(C3)c3ccccc3Nc3ncccc34)c[nH]c12. The van der Waals surface area contributed by atoms with Crippen molar-refractivity contribution in [2.75, 3.05) is 18.4 Å². The summed E-state index contributed by atoms with van der Waals surface area (Å²) in [5, 5.41) is 6.87. The second kappa shape index (κ2) is 7.66. The summed E-state index contributed by atoms with van der Waals surface area (Å²) in [4.78, 5) is 12.8. The van der Waals surface area contributed by atoms with Crippen molar-refractivity contribution in [2.45, 2.75) is 13.3 Å². The molecule has 0 fully saturated rings. The van der Waals surface area contributed by atoms with Crippen LogP contribution in [-0.2, 0) is 6.42 Å². The van der Waals surface area contributed by atoms with Gasteiger partial charge in [0.2, 0.25) is 0 Å². The van der Waals surface area contributed by atoms with Crippen LogP contribution in [-0.4, -0.2) is 34.4 Å².